The molecule has 0 bridgehead atoms. The standard InChI is InChI=1S/C13H15ClFNO2/c1-13(2,3)10(17)7-16-12(18)8-5-4-6-9(15)11(8)14/h4-6H,7H2,1-3H3,(H,16,18). The maximum Gasteiger partial charge on any atom is 0.253 e. The molecule has 3 nitrogen and oxygen atoms in total. The molecule has 98 valence electrons. The molecule has 1 aromatic rings. The van der Waals surface area contributed by atoms with Crippen LogP contribution in [0.3, 0.4) is 0 Å². The fourth-order valence-corrected chi connectivity index (χ4v) is 1.41. The lowest BCUT2D eigenvalue weighted by Gasteiger charge is -2.16. The van der Waals surface area contributed by atoms with Crippen molar-refractivity contribution in [1.82, 2.24) is 5.32 Å². The van der Waals surface area contributed by atoms with Gasteiger partial charge in [-0.2, -0.15) is 0 Å². The van der Waals surface area contributed by atoms with Crippen LogP contribution >= 0.6 is 11.6 Å². The van der Waals surface area contributed by atoms with Gasteiger partial charge in [-0.1, -0.05) is 38.4 Å². The summed E-state index contributed by atoms with van der Waals surface area (Å²) in [6, 6.07) is 3.96. The molecule has 0 saturated heterocycles. The Hall–Kier alpha value is -1.42. The van der Waals surface area contributed by atoms with Gasteiger partial charge in [0, 0.05) is 5.41 Å². The van der Waals surface area contributed by atoms with Gasteiger partial charge in [0.05, 0.1) is 17.1 Å². The SMILES string of the molecule is CC(C)(C)C(=O)CNC(=O)c1cccc(F)c1Cl. The molecule has 0 aliphatic heterocycles. The Balaban J connectivity index is 2.73. The van der Waals surface area contributed by atoms with E-state index in [0.717, 1.165) is 0 Å². The van der Waals surface area contributed by atoms with Gasteiger partial charge in [0.2, 0.25) is 0 Å². The van der Waals surface area contributed by atoms with E-state index < -0.39 is 17.1 Å². The summed E-state index contributed by atoms with van der Waals surface area (Å²) in [6.45, 7) is 5.18. The minimum absolute atomic E-state index is 0.0263. The first-order valence-corrected chi connectivity index (χ1v) is 5.87. The third-order valence-corrected chi connectivity index (χ3v) is 2.83. The van der Waals surface area contributed by atoms with Crippen molar-refractivity contribution in [1.29, 1.82) is 0 Å². The van der Waals surface area contributed by atoms with Crippen molar-refractivity contribution in [2.45, 2.75) is 20.8 Å². The zero-order valence-electron chi connectivity index (χ0n) is 10.5. The topological polar surface area (TPSA) is 46.2 Å². The summed E-state index contributed by atoms with van der Waals surface area (Å²) in [6.07, 6.45) is 0. The molecule has 0 atom stereocenters. The van der Waals surface area contributed by atoms with Crippen LogP contribution in [0.5, 0.6) is 0 Å². The molecule has 0 heterocycles. The number of amides is 1. The highest BCUT2D eigenvalue weighted by atomic mass is 35.5. The van der Waals surface area contributed by atoms with Crippen LogP contribution in [0, 0.1) is 11.2 Å². The largest absolute Gasteiger partial charge is 0.345 e. The first kappa shape index (κ1) is 14.6. The molecule has 0 aromatic heterocycles. The van der Waals surface area contributed by atoms with Crippen LogP contribution in [0.15, 0.2) is 18.2 Å². The minimum Gasteiger partial charge on any atom is -0.345 e. The fraction of sp³-hybridized carbons (Fsp3) is 0.385. The number of hydrogen-bond donors (Lipinski definition) is 1. The second kappa shape index (κ2) is 5.48. The predicted molar refractivity (Wildman–Crippen MR) is 68.2 cm³/mol. The zero-order chi connectivity index (χ0) is 13.9. The van der Waals surface area contributed by atoms with Gasteiger partial charge in [0.1, 0.15) is 5.82 Å². The van der Waals surface area contributed by atoms with Gasteiger partial charge in [0.15, 0.2) is 5.78 Å². The molecule has 1 amide bonds. The average Bonchev–Trinajstić information content (AvgIpc) is 2.27. The highest BCUT2D eigenvalue weighted by molar-refractivity contribution is 6.34. The van der Waals surface area contributed by atoms with Gasteiger partial charge in [0.25, 0.3) is 5.91 Å². The number of rotatable bonds is 3. The maximum atomic E-state index is 13.1. The molecular formula is C13H15ClFNO2. The van der Waals surface area contributed by atoms with Gasteiger partial charge in [-0.05, 0) is 12.1 Å². The summed E-state index contributed by atoms with van der Waals surface area (Å²) in [5, 5.41) is 2.20. The normalized spacial score (nSPS) is 11.2. The Kier molecular flexibility index (Phi) is 4.46. The summed E-state index contributed by atoms with van der Waals surface area (Å²) in [5.41, 5.74) is -0.502. The van der Waals surface area contributed by atoms with Crippen LogP contribution in [0.1, 0.15) is 31.1 Å². The van der Waals surface area contributed by atoms with E-state index in [1.54, 1.807) is 20.8 Å². The Bertz CT molecular complexity index is 480. The molecule has 0 saturated carbocycles. The van der Waals surface area contributed by atoms with Crippen LogP contribution in [0.4, 0.5) is 4.39 Å². The molecule has 1 aromatic carbocycles. The predicted octanol–water partition coefficient (Wildman–Crippen LogP) is 2.82. The highest BCUT2D eigenvalue weighted by Gasteiger charge is 2.22. The molecular weight excluding hydrogens is 257 g/mol. The minimum atomic E-state index is -0.661. The third-order valence-electron chi connectivity index (χ3n) is 2.44. The van der Waals surface area contributed by atoms with Crippen LogP contribution in [-0.2, 0) is 4.79 Å². The molecule has 18 heavy (non-hydrogen) atoms. The number of nitrogens with one attached hydrogen (secondary N) is 1. The maximum absolute atomic E-state index is 13.1. The number of halogens is 2. The lowest BCUT2D eigenvalue weighted by Crippen LogP contribution is -2.35. The highest BCUT2D eigenvalue weighted by Crippen LogP contribution is 2.19. The number of carbonyl (C=O) groups excluding carboxylic acids is 2. The zero-order valence-corrected chi connectivity index (χ0v) is 11.3. The van der Waals surface area contributed by atoms with Gasteiger partial charge in [-0.25, -0.2) is 4.39 Å². The van der Waals surface area contributed by atoms with Crippen LogP contribution in [0.2, 0.25) is 5.02 Å². The van der Waals surface area contributed by atoms with E-state index in [-0.39, 0.29) is 22.9 Å². The Morgan fingerprint density at radius 1 is 1.33 bits per heavy atom. The number of carbonyl (C=O) groups is 2. The molecule has 1 N–H and O–H groups in total. The first-order chi connectivity index (χ1) is 8.23. The van der Waals surface area contributed by atoms with E-state index in [1.807, 2.05) is 0 Å². The summed E-state index contributed by atoms with van der Waals surface area (Å²) in [7, 11) is 0. The molecule has 5 heteroatoms. The molecule has 0 radical (unpaired) electrons. The van der Waals surface area contributed by atoms with Crippen molar-refractivity contribution in [3.8, 4) is 0 Å². The number of ketones is 1. The monoisotopic (exact) mass is 271 g/mol. The number of benzene rings is 1. The number of Topliss-reactive ketones (excluding diaryl/α,β-unsaturated/α-hetero) is 1. The van der Waals surface area contributed by atoms with Crippen molar-refractivity contribution in [3.05, 3.63) is 34.6 Å². The molecule has 0 aliphatic rings. The molecule has 1 rings (SSSR count). The molecule has 0 aliphatic carbocycles. The van der Waals surface area contributed by atoms with E-state index in [4.69, 9.17) is 11.6 Å². The fourth-order valence-electron chi connectivity index (χ4n) is 1.20. The summed E-state index contributed by atoms with van der Waals surface area (Å²) >= 11 is 5.67. The Labute approximate surface area is 110 Å². The molecule has 0 spiro atoms. The van der Waals surface area contributed by atoms with Gasteiger partial charge >= 0.3 is 0 Å². The van der Waals surface area contributed by atoms with Crippen molar-refractivity contribution < 1.29 is 14.0 Å². The van der Waals surface area contributed by atoms with Gasteiger partial charge in [-0.15, -0.1) is 0 Å². The lowest BCUT2D eigenvalue weighted by atomic mass is 9.91. The smallest absolute Gasteiger partial charge is 0.253 e. The second-order valence-electron chi connectivity index (χ2n) is 4.96. The summed E-state index contributed by atoms with van der Waals surface area (Å²) in [4.78, 5) is 23.4. The van der Waals surface area contributed by atoms with Crippen LogP contribution < -0.4 is 5.32 Å². The summed E-state index contributed by atoms with van der Waals surface area (Å²) < 4.78 is 13.1. The number of hydrogen-bond acceptors (Lipinski definition) is 2. The van der Waals surface area contributed by atoms with Crippen molar-refractivity contribution in [3.63, 3.8) is 0 Å². The van der Waals surface area contributed by atoms with E-state index in [9.17, 15) is 14.0 Å². The van der Waals surface area contributed by atoms with Crippen LogP contribution in [-0.4, -0.2) is 18.2 Å². The third kappa shape index (κ3) is 3.53. The molecule has 0 unspecified atom stereocenters. The van der Waals surface area contributed by atoms with Gasteiger partial charge in [-0.3, -0.25) is 9.59 Å². The average molecular weight is 272 g/mol. The lowest BCUT2D eigenvalue weighted by molar-refractivity contribution is -0.125. The molecule has 0 fully saturated rings. The van der Waals surface area contributed by atoms with Crippen molar-refractivity contribution >= 4 is 23.3 Å². The van der Waals surface area contributed by atoms with E-state index in [0.29, 0.717) is 0 Å². The van der Waals surface area contributed by atoms with Crippen LogP contribution in [0.25, 0.3) is 0 Å². The van der Waals surface area contributed by atoms with Crippen molar-refractivity contribution in [2.75, 3.05) is 6.54 Å². The first-order valence-electron chi connectivity index (χ1n) is 5.49. The summed E-state index contributed by atoms with van der Waals surface area (Å²) in [5.74, 6) is -1.33. The Morgan fingerprint density at radius 3 is 2.50 bits per heavy atom. The van der Waals surface area contributed by atoms with Crippen molar-refractivity contribution in [2.24, 2.45) is 5.41 Å². The Morgan fingerprint density at radius 2 is 1.94 bits per heavy atom. The van der Waals surface area contributed by atoms with E-state index in [1.165, 1.54) is 18.2 Å². The van der Waals surface area contributed by atoms with E-state index in [2.05, 4.69) is 5.32 Å². The second-order valence-corrected chi connectivity index (χ2v) is 5.34. The van der Waals surface area contributed by atoms with Gasteiger partial charge < -0.3 is 5.32 Å². The quantitative estimate of drug-likeness (QED) is 0.919. The van der Waals surface area contributed by atoms with E-state index >= 15 is 0 Å².